The van der Waals surface area contributed by atoms with Crippen LogP contribution in [0.25, 0.3) is 0 Å². The number of nitriles is 1. The van der Waals surface area contributed by atoms with Crippen molar-refractivity contribution in [2.24, 2.45) is 0 Å². The zero-order valence-corrected chi connectivity index (χ0v) is 7.00. The normalized spacial score (nSPS) is 13.1. The fourth-order valence-electron chi connectivity index (χ4n) is 1.31. The molecule has 1 aromatic rings. The second kappa shape index (κ2) is 2.85. The third kappa shape index (κ3) is 1.10. The van der Waals surface area contributed by atoms with Crippen LogP contribution in [-0.4, -0.2) is 11.8 Å². The molecule has 5 heteroatoms. The Morgan fingerprint density at radius 2 is 1.93 bits per heavy atom. The number of anilines is 1. The van der Waals surface area contributed by atoms with Crippen molar-refractivity contribution >= 4 is 17.5 Å². The Balaban J connectivity index is 2.51. The lowest BCUT2D eigenvalue weighted by atomic mass is 10.1. The van der Waals surface area contributed by atoms with Crippen molar-refractivity contribution in [1.82, 2.24) is 5.32 Å². The summed E-state index contributed by atoms with van der Waals surface area (Å²) in [6.07, 6.45) is 1.73. The second-order valence-electron chi connectivity index (χ2n) is 2.78. The monoisotopic (exact) mass is 187 g/mol. The molecule has 0 unspecified atom stereocenters. The van der Waals surface area contributed by atoms with Crippen molar-refractivity contribution in [3.05, 3.63) is 29.3 Å². The van der Waals surface area contributed by atoms with Crippen LogP contribution in [0.3, 0.4) is 0 Å². The summed E-state index contributed by atoms with van der Waals surface area (Å²) < 4.78 is 0. The highest BCUT2D eigenvalue weighted by Gasteiger charge is 2.26. The van der Waals surface area contributed by atoms with Gasteiger partial charge in [-0.05, 0) is 18.2 Å². The van der Waals surface area contributed by atoms with E-state index >= 15 is 0 Å². The first kappa shape index (κ1) is 8.26. The van der Waals surface area contributed by atoms with Crippen molar-refractivity contribution in [2.45, 2.75) is 0 Å². The zero-order valence-electron chi connectivity index (χ0n) is 7.00. The summed E-state index contributed by atoms with van der Waals surface area (Å²) in [5.41, 5.74) is 1.14. The van der Waals surface area contributed by atoms with E-state index < -0.39 is 11.8 Å². The van der Waals surface area contributed by atoms with E-state index in [0.29, 0.717) is 16.8 Å². The highest BCUT2D eigenvalue weighted by molar-refractivity contribution is 6.21. The Bertz CT molecular complexity index is 473. The molecule has 1 aliphatic heterocycles. The number of carbonyl (C=O) groups is 2. The predicted octanol–water partition coefficient (Wildman–Crippen LogP) is 0.463. The lowest BCUT2D eigenvalue weighted by Crippen LogP contribution is -2.19. The van der Waals surface area contributed by atoms with Gasteiger partial charge in [0.05, 0.1) is 11.1 Å². The Kier molecular flexibility index (Phi) is 1.68. The topological polar surface area (TPSA) is 82.0 Å². The number of carbonyl (C=O) groups excluding carboxylic acids is 2. The Hall–Kier alpha value is -2.35. The van der Waals surface area contributed by atoms with Gasteiger partial charge in [-0.15, -0.1) is 0 Å². The minimum absolute atomic E-state index is 0.301. The van der Waals surface area contributed by atoms with E-state index in [1.54, 1.807) is 12.3 Å². The molecule has 0 aliphatic carbocycles. The van der Waals surface area contributed by atoms with Crippen LogP contribution < -0.4 is 10.6 Å². The number of benzene rings is 1. The van der Waals surface area contributed by atoms with E-state index in [4.69, 9.17) is 5.26 Å². The summed E-state index contributed by atoms with van der Waals surface area (Å²) in [4.78, 5) is 22.3. The molecule has 0 bridgehead atoms. The average Bonchev–Trinajstić information content (AvgIpc) is 2.43. The number of amides is 2. The van der Waals surface area contributed by atoms with Crippen LogP contribution >= 0.6 is 0 Å². The zero-order chi connectivity index (χ0) is 10.1. The van der Waals surface area contributed by atoms with Crippen LogP contribution in [0, 0.1) is 11.5 Å². The van der Waals surface area contributed by atoms with E-state index in [-0.39, 0.29) is 0 Å². The van der Waals surface area contributed by atoms with Crippen LogP contribution in [-0.2, 0) is 0 Å². The molecule has 2 amide bonds. The first-order valence-electron chi connectivity index (χ1n) is 3.87. The van der Waals surface area contributed by atoms with Gasteiger partial charge in [0, 0.05) is 5.69 Å². The molecule has 5 nitrogen and oxygen atoms in total. The third-order valence-electron chi connectivity index (χ3n) is 1.94. The molecule has 0 atom stereocenters. The van der Waals surface area contributed by atoms with Gasteiger partial charge in [0.25, 0.3) is 11.8 Å². The molecule has 1 heterocycles. The van der Waals surface area contributed by atoms with Crippen molar-refractivity contribution in [3.8, 4) is 6.19 Å². The number of hydrogen-bond donors (Lipinski definition) is 2. The summed E-state index contributed by atoms with van der Waals surface area (Å²) >= 11 is 0. The number of imide groups is 1. The molecular formula is C9H5N3O2. The lowest BCUT2D eigenvalue weighted by molar-refractivity contribution is 0.0879. The number of nitrogens with one attached hydrogen (secondary N) is 2. The van der Waals surface area contributed by atoms with E-state index in [1.165, 1.54) is 12.1 Å². The Morgan fingerprint density at radius 3 is 2.64 bits per heavy atom. The Labute approximate surface area is 79.3 Å². The minimum atomic E-state index is -0.424. The van der Waals surface area contributed by atoms with Crippen molar-refractivity contribution in [2.75, 3.05) is 5.32 Å². The molecule has 68 valence electrons. The predicted molar refractivity (Wildman–Crippen MR) is 47.5 cm³/mol. The van der Waals surface area contributed by atoms with E-state index in [9.17, 15) is 9.59 Å². The van der Waals surface area contributed by atoms with Crippen LogP contribution in [0.2, 0.25) is 0 Å². The smallest absolute Gasteiger partial charge is 0.259 e. The second-order valence-corrected chi connectivity index (χ2v) is 2.78. The molecule has 0 aromatic heterocycles. The number of fused-ring (bicyclic) bond motifs is 1. The van der Waals surface area contributed by atoms with Crippen molar-refractivity contribution in [1.29, 1.82) is 5.26 Å². The quantitative estimate of drug-likeness (QED) is 0.380. The fourth-order valence-corrected chi connectivity index (χ4v) is 1.31. The molecule has 0 spiro atoms. The molecule has 1 aromatic carbocycles. The summed E-state index contributed by atoms with van der Waals surface area (Å²) in [5.74, 6) is -0.819. The largest absolute Gasteiger partial charge is 0.293 e. The standard InChI is InChI=1S/C9H5N3O2/c10-4-11-5-1-2-6-7(3-5)9(14)12-8(6)13/h1-3,11H,(H,12,13,14). The number of hydrogen-bond acceptors (Lipinski definition) is 4. The summed E-state index contributed by atoms with van der Waals surface area (Å²) in [7, 11) is 0. The highest BCUT2D eigenvalue weighted by atomic mass is 16.2. The molecule has 0 saturated heterocycles. The minimum Gasteiger partial charge on any atom is -0.293 e. The van der Waals surface area contributed by atoms with Gasteiger partial charge in [-0.1, -0.05) is 0 Å². The van der Waals surface area contributed by atoms with Gasteiger partial charge in [0.15, 0.2) is 6.19 Å². The van der Waals surface area contributed by atoms with Crippen LogP contribution in [0.15, 0.2) is 18.2 Å². The summed E-state index contributed by atoms with van der Waals surface area (Å²) in [5, 5.41) is 12.9. The average molecular weight is 187 g/mol. The number of nitrogens with zero attached hydrogens (tertiary/aromatic N) is 1. The SMILES string of the molecule is N#CNc1ccc2c(c1)C(=O)NC2=O. The molecular weight excluding hydrogens is 182 g/mol. The fraction of sp³-hybridized carbons (Fsp3) is 0. The van der Waals surface area contributed by atoms with E-state index in [2.05, 4.69) is 10.6 Å². The molecule has 2 N–H and O–H groups in total. The first-order chi connectivity index (χ1) is 6.72. The maximum atomic E-state index is 11.2. The van der Waals surface area contributed by atoms with Crippen molar-refractivity contribution < 1.29 is 9.59 Å². The van der Waals surface area contributed by atoms with Gasteiger partial charge in [-0.2, -0.15) is 5.26 Å². The first-order valence-corrected chi connectivity index (χ1v) is 3.87. The molecule has 0 radical (unpaired) electrons. The van der Waals surface area contributed by atoms with Crippen molar-refractivity contribution in [3.63, 3.8) is 0 Å². The molecule has 14 heavy (non-hydrogen) atoms. The highest BCUT2D eigenvalue weighted by Crippen LogP contribution is 2.19. The van der Waals surface area contributed by atoms with E-state index in [0.717, 1.165) is 0 Å². The summed E-state index contributed by atoms with van der Waals surface area (Å²) in [6, 6.07) is 4.55. The van der Waals surface area contributed by atoms with Crippen LogP contribution in [0.4, 0.5) is 5.69 Å². The number of rotatable bonds is 1. The van der Waals surface area contributed by atoms with Gasteiger partial charge >= 0.3 is 0 Å². The maximum Gasteiger partial charge on any atom is 0.259 e. The van der Waals surface area contributed by atoms with Gasteiger partial charge < -0.3 is 0 Å². The van der Waals surface area contributed by atoms with E-state index in [1.807, 2.05) is 0 Å². The van der Waals surface area contributed by atoms with Crippen LogP contribution in [0.5, 0.6) is 0 Å². The molecule has 0 fully saturated rings. The summed E-state index contributed by atoms with van der Waals surface area (Å²) in [6.45, 7) is 0. The van der Waals surface area contributed by atoms with Gasteiger partial charge in [0.2, 0.25) is 0 Å². The maximum absolute atomic E-state index is 11.2. The lowest BCUT2D eigenvalue weighted by Gasteiger charge is -1.98. The molecule has 0 saturated carbocycles. The third-order valence-corrected chi connectivity index (χ3v) is 1.94. The van der Waals surface area contributed by atoms with Gasteiger partial charge in [-0.25, -0.2) is 0 Å². The van der Waals surface area contributed by atoms with Gasteiger partial charge in [-0.3, -0.25) is 20.2 Å². The van der Waals surface area contributed by atoms with Gasteiger partial charge in [0.1, 0.15) is 0 Å². The molecule has 1 aliphatic rings. The van der Waals surface area contributed by atoms with Crippen LogP contribution in [0.1, 0.15) is 20.7 Å². The Morgan fingerprint density at radius 1 is 1.21 bits per heavy atom. The molecule has 2 rings (SSSR count).